The van der Waals surface area contributed by atoms with E-state index in [1.54, 1.807) is 14.2 Å². The number of nitrogens with two attached hydrogens (primary N) is 1. The smallest absolute Gasteiger partial charge is 0.220 e. The second-order valence-electron chi connectivity index (χ2n) is 5.10. The lowest BCUT2D eigenvalue weighted by atomic mass is 9.84. The van der Waals surface area contributed by atoms with Gasteiger partial charge in [0.2, 0.25) is 5.91 Å². The highest BCUT2D eigenvalue weighted by molar-refractivity contribution is 5.76. The molecule has 0 spiro atoms. The van der Waals surface area contributed by atoms with Gasteiger partial charge in [0.25, 0.3) is 0 Å². The molecule has 0 aromatic heterocycles. The standard InChI is InChI=1S/C13H26N2O3/c1-17-9-12(18-2)8-15-13(16)7-10-3-5-11(14)6-4-10/h10-12H,3-9,14H2,1-2H3,(H,15,16). The Balaban J connectivity index is 2.16. The molecule has 1 rings (SSSR count). The Morgan fingerprint density at radius 1 is 1.33 bits per heavy atom. The summed E-state index contributed by atoms with van der Waals surface area (Å²) in [5.74, 6) is 0.599. The largest absolute Gasteiger partial charge is 0.382 e. The lowest BCUT2D eigenvalue weighted by Crippen LogP contribution is -2.37. The van der Waals surface area contributed by atoms with Crippen LogP contribution in [0.1, 0.15) is 32.1 Å². The van der Waals surface area contributed by atoms with E-state index in [1.165, 1.54) is 0 Å². The summed E-state index contributed by atoms with van der Waals surface area (Å²) in [6.45, 7) is 1.00. The Bertz CT molecular complexity index is 240. The maximum absolute atomic E-state index is 11.8. The third kappa shape index (κ3) is 5.80. The monoisotopic (exact) mass is 258 g/mol. The van der Waals surface area contributed by atoms with Crippen molar-refractivity contribution < 1.29 is 14.3 Å². The van der Waals surface area contributed by atoms with Gasteiger partial charge in [0.15, 0.2) is 0 Å². The molecule has 106 valence electrons. The average Bonchev–Trinajstić information content (AvgIpc) is 2.37. The molecule has 5 nitrogen and oxygen atoms in total. The van der Waals surface area contributed by atoms with Gasteiger partial charge < -0.3 is 20.5 Å². The van der Waals surface area contributed by atoms with E-state index in [-0.39, 0.29) is 12.0 Å². The number of amides is 1. The van der Waals surface area contributed by atoms with Crippen molar-refractivity contribution >= 4 is 5.91 Å². The van der Waals surface area contributed by atoms with Gasteiger partial charge in [0, 0.05) is 33.2 Å². The first-order chi connectivity index (χ1) is 8.65. The minimum atomic E-state index is -0.0706. The van der Waals surface area contributed by atoms with E-state index in [4.69, 9.17) is 15.2 Å². The number of hydrogen-bond donors (Lipinski definition) is 2. The first-order valence-corrected chi connectivity index (χ1v) is 6.69. The van der Waals surface area contributed by atoms with Gasteiger partial charge in [-0.15, -0.1) is 0 Å². The highest BCUT2D eigenvalue weighted by Crippen LogP contribution is 2.25. The molecule has 1 amide bonds. The van der Waals surface area contributed by atoms with Crippen LogP contribution < -0.4 is 11.1 Å². The highest BCUT2D eigenvalue weighted by atomic mass is 16.5. The van der Waals surface area contributed by atoms with Gasteiger partial charge in [0.1, 0.15) is 0 Å². The summed E-state index contributed by atoms with van der Waals surface area (Å²) in [6, 6.07) is 0.337. The summed E-state index contributed by atoms with van der Waals surface area (Å²) in [5, 5.41) is 2.90. The summed E-state index contributed by atoms with van der Waals surface area (Å²) in [4.78, 5) is 11.8. The first kappa shape index (κ1) is 15.4. The van der Waals surface area contributed by atoms with Crippen LogP contribution >= 0.6 is 0 Å². The van der Waals surface area contributed by atoms with Crippen molar-refractivity contribution in [2.24, 2.45) is 11.7 Å². The van der Waals surface area contributed by atoms with Gasteiger partial charge in [-0.3, -0.25) is 4.79 Å². The van der Waals surface area contributed by atoms with Crippen molar-refractivity contribution in [3.8, 4) is 0 Å². The fourth-order valence-corrected chi connectivity index (χ4v) is 2.35. The van der Waals surface area contributed by atoms with Crippen LogP contribution in [0.2, 0.25) is 0 Å². The Kier molecular flexibility index (Phi) is 7.23. The zero-order chi connectivity index (χ0) is 13.4. The van der Waals surface area contributed by atoms with Crippen LogP contribution in [0, 0.1) is 5.92 Å². The minimum Gasteiger partial charge on any atom is -0.382 e. The van der Waals surface area contributed by atoms with Crippen molar-refractivity contribution in [3.63, 3.8) is 0 Å². The van der Waals surface area contributed by atoms with Crippen LogP contribution in [0.15, 0.2) is 0 Å². The number of methoxy groups -OCH3 is 2. The predicted molar refractivity (Wildman–Crippen MR) is 70.2 cm³/mol. The summed E-state index contributed by atoms with van der Waals surface area (Å²) >= 11 is 0. The third-order valence-corrected chi connectivity index (χ3v) is 3.58. The van der Waals surface area contributed by atoms with Crippen molar-refractivity contribution in [3.05, 3.63) is 0 Å². The van der Waals surface area contributed by atoms with Crippen LogP contribution in [-0.2, 0) is 14.3 Å². The maximum Gasteiger partial charge on any atom is 0.220 e. The number of nitrogens with one attached hydrogen (secondary N) is 1. The van der Waals surface area contributed by atoms with Crippen molar-refractivity contribution in [1.82, 2.24) is 5.32 Å². The summed E-state index contributed by atoms with van der Waals surface area (Å²) < 4.78 is 10.2. The molecule has 0 heterocycles. The molecule has 1 aliphatic rings. The third-order valence-electron chi connectivity index (χ3n) is 3.58. The number of ether oxygens (including phenoxy) is 2. The van der Waals surface area contributed by atoms with E-state index >= 15 is 0 Å². The molecule has 1 unspecified atom stereocenters. The van der Waals surface area contributed by atoms with Gasteiger partial charge in [-0.2, -0.15) is 0 Å². The lowest BCUT2D eigenvalue weighted by molar-refractivity contribution is -0.123. The Morgan fingerprint density at radius 3 is 2.56 bits per heavy atom. The Morgan fingerprint density at radius 2 is 2.00 bits per heavy atom. The Hall–Kier alpha value is -0.650. The topological polar surface area (TPSA) is 73.6 Å². The molecule has 0 radical (unpaired) electrons. The average molecular weight is 258 g/mol. The highest BCUT2D eigenvalue weighted by Gasteiger charge is 2.21. The quantitative estimate of drug-likeness (QED) is 0.704. The molecule has 18 heavy (non-hydrogen) atoms. The van der Waals surface area contributed by atoms with Crippen LogP contribution in [0.25, 0.3) is 0 Å². The van der Waals surface area contributed by atoms with Crippen LogP contribution in [0.5, 0.6) is 0 Å². The molecule has 1 fully saturated rings. The van der Waals surface area contributed by atoms with Gasteiger partial charge in [-0.1, -0.05) is 0 Å². The van der Waals surface area contributed by atoms with Crippen LogP contribution in [0.3, 0.4) is 0 Å². The van der Waals surface area contributed by atoms with E-state index in [9.17, 15) is 4.79 Å². The fourth-order valence-electron chi connectivity index (χ4n) is 2.35. The van der Waals surface area contributed by atoms with E-state index in [1.807, 2.05) is 0 Å². The summed E-state index contributed by atoms with van der Waals surface area (Å²) in [7, 11) is 3.25. The van der Waals surface area contributed by atoms with E-state index in [0.717, 1.165) is 25.7 Å². The molecule has 0 saturated heterocycles. The van der Waals surface area contributed by atoms with Gasteiger partial charge in [-0.05, 0) is 31.6 Å². The minimum absolute atomic E-state index is 0.0706. The molecule has 0 bridgehead atoms. The normalized spacial score (nSPS) is 25.7. The van der Waals surface area contributed by atoms with Crippen molar-refractivity contribution in [1.29, 1.82) is 0 Å². The SMILES string of the molecule is COCC(CNC(=O)CC1CCC(N)CC1)OC. The molecule has 0 aromatic carbocycles. The zero-order valence-corrected chi connectivity index (χ0v) is 11.5. The second-order valence-corrected chi connectivity index (χ2v) is 5.10. The van der Waals surface area contributed by atoms with Gasteiger partial charge in [0.05, 0.1) is 12.7 Å². The summed E-state index contributed by atoms with van der Waals surface area (Å²) in [6.07, 6.45) is 4.76. The number of hydrogen-bond acceptors (Lipinski definition) is 4. The number of rotatable bonds is 7. The molecule has 0 aromatic rings. The maximum atomic E-state index is 11.8. The van der Waals surface area contributed by atoms with Crippen molar-refractivity contribution in [2.45, 2.75) is 44.2 Å². The second kappa shape index (κ2) is 8.45. The molecular formula is C13H26N2O3. The van der Waals surface area contributed by atoms with E-state index in [2.05, 4.69) is 5.32 Å². The number of carbonyl (C=O) groups excluding carboxylic acids is 1. The molecule has 1 saturated carbocycles. The van der Waals surface area contributed by atoms with Gasteiger partial charge >= 0.3 is 0 Å². The van der Waals surface area contributed by atoms with E-state index in [0.29, 0.717) is 31.5 Å². The molecular weight excluding hydrogens is 232 g/mol. The molecule has 0 aliphatic heterocycles. The molecule has 3 N–H and O–H groups in total. The van der Waals surface area contributed by atoms with Crippen LogP contribution in [0.4, 0.5) is 0 Å². The first-order valence-electron chi connectivity index (χ1n) is 6.69. The summed E-state index contributed by atoms with van der Waals surface area (Å²) in [5.41, 5.74) is 5.85. The van der Waals surface area contributed by atoms with E-state index < -0.39 is 0 Å². The predicted octanol–water partition coefficient (Wildman–Crippen LogP) is 0.672. The fraction of sp³-hybridized carbons (Fsp3) is 0.923. The van der Waals surface area contributed by atoms with Crippen LogP contribution in [-0.4, -0.2) is 45.4 Å². The van der Waals surface area contributed by atoms with Crippen molar-refractivity contribution in [2.75, 3.05) is 27.4 Å². The Labute approximate surface area is 109 Å². The van der Waals surface area contributed by atoms with Gasteiger partial charge in [-0.25, -0.2) is 0 Å². The zero-order valence-electron chi connectivity index (χ0n) is 11.5. The lowest BCUT2D eigenvalue weighted by Gasteiger charge is -2.25. The molecule has 1 aliphatic carbocycles. The molecule has 1 atom stereocenters. The molecule has 5 heteroatoms. The number of carbonyl (C=O) groups is 1.